The number of aromatic nitrogens is 2. The first-order valence-electron chi connectivity index (χ1n) is 5.46. The van der Waals surface area contributed by atoms with Crippen molar-refractivity contribution in [3.05, 3.63) is 34.0 Å². The highest BCUT2D eigenvalue weighted by molar-refractivity contribution is 7.00. The van der Waals surface area contributed by atoms with E-state index in [0.717, 1.165) is 11.7 Å². The lowest BCUT2D eigenvalue weighted by atomic mass is 10.1. The predicted octanol–water partition coefficient (Wildman–Crippen LogP) is 4.31. The van der Waals surface area contributed by atoms with Gasteiger partial charge in [0.1, 0.15) is 28.7 Å². The highest BCUT2D eigenvalue weighted by Crippen LogP contribution is 2.39. The first-order valence-corrected chi connectivity index (χ1v) is 6.95. The van der Waals surface area contributed by atoms with E-state index in [1.165, 1.54) is 0 Å². The topological polar surface area (TPSA) is 59.2 Å². The predicted molar refractivity (Wildman–Crippen MR) is 75.8 cm³/mol. The van der Waals surface area contributed by atoms with Crippen LogP contribution in [0, 0.1) is 0 Å². The molecule has 98 valence electrons. The van der Waals surface area contributed by atoms with Gasteiger partial charge in [-0.25, -0.2) is 0 Å². The molecule has 1 N–H and O–H groups in total. The molecule has 0 aliphatic heterocycles. The summed E-state index contributed by atoms with van der Waals surface area (Å²) in [6.45, 7) is 1.63. The van der Waals surface area contributed by atoms with Gasteiger partial charge >= 0.3 is 0 Å². The van der Waals surface area contributed by atoms with Gasteiger partial charge in [0.05, 0.1) is 27.3 Å². The lowest BCUT2D eigenvalue weighted by Gasteiger charge is -2.04. The van der Waals surface area contributed by atoms with Crippen LogP contribution in [0.25, 0.3) is 22.4 Å². The van der Waals surface area contributed by atoms with E-state index in [4.69, 9.17) is 27.6 Å². The van der Waals surface area contributed by atoms with Crippen LogP contribution < -0.4 is 0 Å². The van der Waals surface area contributed by atoms with Crippen molar-refractivity contribution >= 4 is 46.0 Å². The fraction of sp³-hybridized carbons (Fsp3) is 0.167. The van der Waals surface area contributed by atoms with E-state index in [9.17, 15) is 5.11 Å². The monoisotopic (exact) mass is 314 g/mol. The second-order valence-electron chi connectivity index (χ2n) is 4.05. The van der Waals surface area contributed by atoms with Crippen LogP contribution in [0.2, 0.25) is 10.0 Å². The van der Waals surface area contributed by atoms with E-state index in [0.29, 0.717) is 38.2 Å². The van der Waals surface area contributed by atoms with Gasteiger partial charge in [-0.1, -0.05) is 23.2 Å². The third-order valence-electron chi connectivity index (χ3n) is 2.73. The van der Waals surface area contributed by atoms with E-state index in [1.54, 1.807) is 25.1 Å². The second-order valence-corrected chi connectivity index (χ2v) is 5.40. The van der Waals surface area contributed by atoms with E-state index in [2.05, 4.69) is 8.75 Å². The Labute approximate surface area is 122 Å². The van der Waals surface area contributed by atoms with Crippen LogP contribution in [0.5, 0.6) is 0 Å². The maximum Gasteiger partial charge on any atom is 0.138 e. The number of hydrogen-bond acceptors (Lipinski definition) is 5. The second kappa shape index (κ2) is 4.76. The molecule has 0 spiro atoms. The van der Waals surface area contributed by atoms with Gasteiger partial charge in [0.25, 0.3) is 0 Å². The van der Waals surface area contributed by atoms with Gasteiger partial charge in [-0.05, 0) is 25.1 Å². The molecule has 0 aliphatic carbocycles. The lowest BCUT2D eigenvalue weighted by molar-refractivity contribution is 0.170. The molecule has 3 rings (SSSR count). The van der Waals surface area contributed by atoms with Crippen molar-refractivity contribution in [2.75, 3.05) is 0 Å². The third kappa shape index (κ3) is 2.12. The minimum atomic E-state index is -0.677. The van der Waals surface area contributed by atoms with Gasteiger partial charge in [0.15, 0.2) is 0 Å². The molecule has 0 fully saturated rings. The summed E-state index contributed by atoms with van der Waals surface area (Å²) in [5, 5.41) is 10.4. The summed E-state index contributed by atoms with van der Waals surface area (Å²) in [5.41, 5.74) is 1.84. The Morgan fingerprint density at radius 1 is 1.21 bits per heavy atom. The molecule has 0 saturated carbocycles. The number of aliphatic hydroxyl groups excluding tert-OH is 1. The highest BCUT2D eigenvalue weighted by Gasteiger charge is 2.19. The molecule has 0 radical (unpaired) electrons. The number of halogens is 2. The molecule has 2 aromatic heterocycles. The zero-order valence-electron chi connectivity index (χ0n) is 9.72. The smallest absolute Gasteiger partial charge is 0.138 e. The average Bonchev–Trinajstić information content (AvgIpc) is 2.97. The van der Waals surface area contributed by atoms with E-state index in [-0.39, 0.29) is 0 Å². The molecule has 19 heavy (non-hydrogen) atoms. The molecule has 1 aromatic carbocycles. The summed E-state index contributed by atoms with van der Waals surface area (Å²) in [7, 11) is 0. The van der Waals surface area contributed by atoms with Gasteiger partial charge in [-0.3, -0.25) is 0 Å². The molecule has 1 unspecified atom stereocenters. The third-order valence-corrected chi connectivity index (χ3v) is 3.84. The maximum atomic E-state index is 9.50. The average molecular weight is 315 g/mol. The molecular formula is C12H8Cl2N2O2S. The summed E-state index contributed by atoms with van der Waals surface area (Å²) in [5.74, 6) is 1.01. The fourth-order valence-electron chi connectivity index (χ4n) is 1.82. The Morgan fingerprint density at radius 3 is 2.63 bits per heavy atom. The van der Waals surface area contributed by atoms with Crippen LogP contribution in [-0.2, 0) is 0 Å². The molecular weight excluding hydrogens is 307 g/mol. The van der Waals surface area contributed by atoms with Gasteiger partial charge in [-0.15, -0.1) is 0 Å². The van der Waals surface area contributed by atoms with Crippen molar-refractivity contribution in [1.82, 2.24) is 8.75 Å². The molecule has 4 nitrogen and oxygen atoms in total. The quantitative estimate of drug-likeness (QED) is 0.765. The minimum Gasteiger partial charge on any atom is -0.458 e. The van der Waals surface area contributed by atoms with Crippen molar-refractivity contribution in [2.24, 2.45) is 0 Å². The Morgan fingerprint density at radius 2 is 1.95 bits per heavy atom. The van der Waals surface area contributed by atoms with Crippen molar-refractivity contribution in [3.8, 4) is 11.3 Å². The van der Waals surface area contributed by atoms with Gasteiger partial charge < -0.3 is 9.52 Å². The summed E-state index contributed by atoms with van der Waals surface area (Å²) < 4.78 is 13.9. The van der Waals surface area contributed by atoms with Crippen LogP contribution in [0.15, 0.2) is 22.6 Å². The Bertz CT molecular complexity index is 751. The van der Waals surface area contributed by atoms with Crippen LogP contribution in [0.3, 0.4) is 0 Å². The molecule has 2 heterocycles. The number of rotatable bonds is 2. The van der Waals surface area contributed by atoms with Crippen LogP contribution in [0.4, 0.5) is 0 Å². The number of fused-ring (bicyclic) bond motifs is 1. The van der Waals surface area contributed by atoms with E-state index < -0.39 is 6.10 Å². The molecule has 7 heteroatoms. The number of benzene rings is 1. The van der Waals surface area contributed by atoms with Crippen molar-refractivity contribution in [3.63, 3.8) is 0 Å². The maximum absolute atomic E-state index is 9.50. The standard InChI is InChI=1S/C12H8Cl2N2O2S/c1-5(17)8-2-3-9(18-8)10-6(13)4-7(14)11-12(10)16-19-15-11/h2-5,17H,1H3. The van der Waals surface area contributed by atoms with Crippen LogP contribution in [0.1, 0.15) is 18.8 Å². The first kappa shape index (κ1) is 12.9. The zero-order chi connectivity index (χ0) is 13.6. The van der Waals surface area contributed by atoms with Crippen LogP contribution in [-0.4, -0.2) is 13.9 Å². The number of aliphatic hydroxyl groups is 1. The molecule has 0 bridgehead atoms. The Hall–Kier alpha value is -1.14. The lowest BCUT2D eigenvalue weighted by Crippen LogP contribution is -1.86. The fourth-order valence-corrected chi connectivity index (χ4v) is 3.03. The number of nitrogens with zero attached hydrogens (tertiary/aromatic N) is 2. The van der Waals surface area contributed by atoms with E-state index in [1.807, 2.05) is 0 Å². The molecule has 3 aromatic rings. The van der Waals surface area contributed by atoms with Crippen molar-refractivity contribution in [2.45, 2.75) is 13.0 Å². The minimum absolute atomic E-state index is 0.441. The highest BCUT2D eigenvalue weighted by atomic mass is 35.5. The van der Waals surface area contributed by atoms with Gasteiger partial charge in [0.2, 0.25) is 0 Å². The Balaban J connectivity index is 2.26. The first-order chi connectivity index (χ1) is 9.08. The Kier molecular flexibility index (Phi) is 3.22. The van der Waals surface area contributed by atoms with E-state index >= 15 is 0 Å². The van der Waals surface area contributed by atoms with Crippen molar-refractivity contribution in [1.29, 1.82) is 0 Å². The summed E-state index contributed by atoms with van der Waals surface area (Å²) in [6.07, 6.45) is -0.677. The SMILES string of the molecule is CC(O)c1ccc(-c2c(Cl)cc(Cl)c3nsnc23)o1. The zero-order valence-corrected chi connectivity index (χ0v) is 12.1. The largest absolute Gasteiger partial charge is 0.458 e. The van der Waals surface area contributed by atoms with Crippen molar-refractivity contribution < 1.29 is 9.52 Å². The molecule has 0 saturated heterocycles. The normalized spacial score (nSPS) is 13.1. The number of hydrogen-bond donors (Lipinski definition) is 1. The molecule has 1 atom stereocenters. The van der Waals surface area contributed by atoms with Gasteiger partial charge in [-0.2, -0.15) is 8.75 Å². The molecule has 0 amide bonds. The summed E-state index contributed by atoms with van der Waals surface area (Å²) in [6, 6.07) is 5.07. The van der Waals surface area contributed by atoms with Crippen LogP contribution >= 0.6 is 34.9 Å². The summed E-state index contributed by atoms with van der Waals surface area (Å²) in [4.78, 5) is 0. The van der Waals surface area contributed by atoms with Gasteiger partial charge in [0, 0.05) is 0 Å². The number of furan rings is 1. The molecule has 0 aliphatic rings. The summed E-state index contributed by atoms with van der Waals surface area (Å²) >= 11 is 13.4.